The predicted molar refractivity (Wildman–Crippen MR) is 151 cm³/mol. The Balaban J connectivity index is 2.00. The van der Waals surface area contributed by atoms with Crippen LogP contribution in [0.2, 0.25) is 0 Å². The first-order chi connectivity index (χ1) is 17.8. The number of carbonyl (C=O) groups excluding carboxylic acids is 1. The van der Waals surface area contributed by atoms with Crippen LogP contribution in [0.3, 0.4) is 0 Å². The molecule has 3 fully saturated rings. The first-order valence-corrected chi connectivity index (χ1v) is 16.5. The van der Waals surface area contributed by atoms with Gasteiger partial charge in [0.15, 0.2) is 0 Å². The smallest absolute Gasteiger partial charge is 0.438 e. The molecule has 0 atom stereocenters. The van der Waals surface area contributed by atoms with Gasteiger partial charge in [-0.25, -0.2) is 4.79 Å². The molecule has 3 nitrogen and oxygen atoms in total. The average Bonchev–Trinajstić information content (AvgIpc) is 2.92. The van der Waals surface area contributed by atoms with Crippen LogP contribution in [-0.2, 0) is 9.47 Å². The number of ether oxygens (including phenoxy) is 2. The van der Waals surface area contributed by atoms with Crippen LogP contribution in [0.4, 0.5) is 4.79 Å². The summed E-state index contributed by atoms with van der Waals surface area (Å²) in [5.74, 6) is 1.49. The van der Waals surface area contributed by atoms with E-state index in [0.717, 1.165) is 0 Å². The lowest BCUT2D eigenvalue weighted by Gasteiger charge is -2.51. The fourth-order valence-corrected chi connectivity index (χ4v) is 8.22. The van der Waals surface area contributed by atoms with Gasteiger partial charge in [-0.15, -0.1) is 0 Å². The molecule has 0 spiro atoms. The van der Waals surface area contributed by atoms with E-state index in [0.29, 0.717) is 17.8 Å². The molecule has 210 valence electrons. The molecule has 3 aliphatic carbocycles. The summed E-state index contributed by atoms with van der Waals surface area (Å²) in [6.45, 7) is 0. The Morgan fingerprint density at radius 3 is 0.889 bits per heavy atom. The van der Waals surface area contributed by atoms with E-state index >= 15 is 0 Å². The zero-order valence-electron chi connectivity index (χ0n) is 24.0. The van der Waals surface area contributed by atoms with Gasteiger partial charge in [-0.05, 0) is 56.3 Å². The minimum atomic E-state index is -0.402. The summed E-state index contributed by atoms with van der Waals surface area (Å²) in [5.41, 5.74) is -0.329. The van der Waals surface area contributed by atoms with Gasteiger partial charge >= 0.3 is 6.16 Å². The Kier molecular flexibility index (Phi) is 14.7. The van der Waals surface area contributed by atoms with E-state index < -0.39 is 6.16 Å². The number of methoxy groups -OCH3 is 1. The normalized spacial score (nSPS) is 24.9. The van der Waals surface area contributed by atoms with E-state index in [1.807, 2.05) is 0 Å². The number of hydrogen-bond donors (Lipinski definition) is 0. The molecule has 0 bridgehead atoms. The Morgan fingerprint density at radius 1 is 0.444 bits per heavy atom. The second-order valence-corrected chi connectivity index (χ2v) is 12.7. The van der Waals surface area contributed by atoms with Crippen molar-refractivity contribution in [2.75, 3.05) is 7.11 Å². The van der Waals surface area contributed by atoms with Crippen molar-refractivity contribution < 1.29 is 14.3 Å². The van der Waals surface area contributed by atoms with Gasteiger partial charge < -0.3 is 9.47 Å². The van der Waals surface area contributed by atoms with Crippen LogP contribution in [0.1, 0.15) is 173 Å². The Hall–Kier alpha value is -0.730. The molecular weight excluding hydrogens is 444 g/mol. The highest BCUT2D eigenvalue weighted by Gasteiger charge is 2.52. The highest BCUT2D eigenvalue weighted by atomic mass is 16.7. The first-order valence-electron chi connectivity index (χ1n) is 16.5. The van der Waals surface area contributed by atoms with E-state index in [1.165, 1.54) is 180 Å². The molecule has 0 unspecified atom stereocenters. The van der Waals surface area contributed by atoms with E-state index in [1.54, 1.807) is 0 Å². The van der Waals surface area contributed by atoms with Crippen LogP contribution < -0.4 is 0 Å². The topological polar surface area (TPSA) is 35.5 Å². The molecule has 36 heavy (non-hydrogen) atoms. The Labute approximate surface area is 224 Å². The highest BCUT2D eigenvalue weighted by molar-refractivity contribution is 5.60. The highest BCUT2D eigenvalue weighted by Crippen LogP contribution is 2.51. The lowest BCUT2D eigenvalue weighted by molar-refractivity contribution is -0.150. The summed E-state index contributed by atoms with van der Waals surface area (Å²) in [7, 11) is 1.53. The van der Waals surface area contributed by atoms with Crippen molar-refractivity contribution in [2.24, 2.45) is 17.8 Å². The van der Waals surface area contributed by atoms with Crippen LogP contribution >= 0.6 is 0 Å². The quantitative estimate of drug-likeness (QED) is 0.357. The van der Waals surface area contributed by atoms with Crippen molar-refractivity contribution in [1.29, 1.82) is 0 Å². The molecule has 0 N–H and O–H groups in total. The van der Waals surface area contributed by atoms with E-state index in [9.17, 15) is 4.79 Å². The maximum absolute atomic E-state index is 13.1. The van der Waals surface area contributed by atoms with Gasteiger partial charge in [0.1, 0.15) is 5.60 Å². The molecule has 0 amide bonds. The second-order valence-electron chi connectivity index (χ2n) is 12.7. The van der Waals surface area contributed by atoms with Crippen molar-refractivity contribution in [3.63, 3.8) is 0 Å². The van der Waals surface area contributed by atoms with Gasteiger partial charge in [-0.3, -0.25) is 0 Å². The summed E-state index contributed by atoms with van der Waals surface area (Å²) in [4.78, 5) is 13.1. The van der Waals surface area contributed by atoms with Gasteiger partial charge in [0, 0.05) is 0 Å². The van der Waals surface area contributed by atoms with Crippen LogP contribution in [0, 0.1) is 17.8 Å². The van der Waals surface area contributed by atoms with Crippen molar-refractivity contribution in [1.82, 2.24) is 0 Å². The SMILES string of the molecule is COC(=O)OC(C1CCCCCCCCC1)(C1CCCCCCCCC1)C1CCCCCCCCC1. The van der Waals surface area contributed by atoms with E-state index in [2.05, 4.69) is 0 Å². The zero-order valence-corrected chi connectivity index (χ0v) is 24.0. The van der Waals surface area contributed by atoms with Crippen molar-refractivity contribution >= 4 is 6.16 Å². The fraction of sp³-hybridized carbons (Fsp3) is 0.970. The molecule has 0 heterocycles. The molecule has 3 heteroatoms. The van der Waals surface area contributed by atoms with Crippen LogP contribution in [0.15, 0.2) is 0 Å². The molecule has 0 aromatic carbocycles. The van der Waals surface area contributed by atoms with Crippen LogP contribution in [0.25, 0.3) is 0 Å². The van der Waals surface area contributed by atoms with Crippen molar-refractivity contribution in [3.05, 3.63) is 0 Å². The maximum atomic E-state index is 13.1. The number of hydrogen-bond acceptors (Lipinski definition) is 3. The van der Waals surface area contributed by atoms with Gasteiger partial charge in [0.25, 0.3) is 0 Å². The minimum absolute atomic E-state index is 0.329. The molecule has 0 aliphatic heterocycles. The molecule has 3 saturated carbocycles. The number of carbonyl (C=O) groups is 1. The molecule has 3 aliphatic rings. The van der Waals surface area contributed by atoms with E-state index in [-0.39, 0.29) is 5.60 Å². The number of rotatable bonds is 4. The van der Waals surface area contributed by atoms with Crippen molar-refractivity contribution in [2.45, 2.75) is 179 Å². The molecular formula is C33H60O3. The van der Waals surface area contributed by atoms with Crippen LogP contribution in [0.5, 0.6) is 0 Å². The molecule has 0 aromatic rings. The van der Waals surface area contributed by atoms with Gasteiger partial charge in [-0.2, -0.15) is 0 Å². The van der Waals surface area contributed by atoms with E-state index in [4.69, 9.17) is 9.47 Å². The lowest BCUT2D eigenvalue weighted by Crippen LogP contribution is -2.55. The zero-order chi connectivity index (χ0) is 25.3. The Morgan fingerprint density at radius 2 is 0.667 bits per heavy atom. The summed E-state index contributed by atoms with van der Waals surface area (Å²) in [5, 5.41) is 0. The third kappa shape index (κ3) is 9.54. The molecule has 0 saturated heterocycles. The average molecular weight is 505 g/mol. The van der Waals surface area contributed by atoms with Crippen LogP contribution in [-0.4, -0.2) is 18.9 Å². The predicted octanol–water partition coefficient (Wildman–Crippen LogP) is 10.9. The van der Waals surface area contributed by atoms with Gasteiger partial charge in [-0.1, -0.05) is 135 Å². The first kappa shape index (κ1) is 29.8. The largest absolute Gasteiger partial charge is 0.508 e. The lowest BCUT2D eigenvalue weighted by atomic mass is 9.60. The summed E-state index contributed by atoms with van der Waals surface area (Å²) in [6.07, 6.45) is 35.4. The monoisotopic (exact) mass is 504 g/mol. The maximum Gasteiger partial charge on any atom is 0.508 e. The van der Waals surface area contributed by atoms with Gasteiger partial charge in [0.2, 0.25) is 0 Å². The third-order valence-electron chi connectivity index (χ3n) is 10.2. The third-order valence-corrected chi connectivity index (χ3v) is 10.2. The minimum Gasteiger partial charge on any atom is -0.438 e. The summed E-state index contributed by atoms with van der Waals surface area (Å²) in [6, 6.07) is 0. The second kappa shape index (κ2) is 17.7. The summed E-state index contributed by atoms with van der Waals surface area (Å²) >= 11 is 0. The Bertz CT molecular complexity index is 479. The fourth-order valence-electron chi connectivity index (χ4n) is 8.22. The van der Waals surface area contributed by atoms with Gasteiger partial charge in [0.05, 0.1) is 7.11 Å². The summed E-state index contributed by atoms with van der Waals surface area (Å²) < 4.78 is 12.2. The van der Waals surface area contributed by atoms with Crippen molar-refractivity contribution in [3.8, 4) is 0 Å². The molecule has 0 radical (unpaired) electrons. The standard InChI is InChI=1S/C33H60O3/c1-35-32(34)36-33(29-23-17-11-5-2-6-12-18-24-29,30-25-19-13-7-3-8-14-20-26-30)31-27-21-15-9-4-10-16-22-28-31/h29-31H,2-28H2,1H3. The molecule has 0 aromatic heterocycles. The molecule has 3 rings (SSSR count).